The average molecular weight is 340 g/mol. The highest BCUT2D eigenvalue weighted by Gasteiger charge is 2.30. The van der Waals surface area contributed by atoms with Crippen molar-refractivity contribution < 1.29 is 8.42 Å². The summed E-state index contributed by atoms with van der Waals surface area (Å²) in [6.45, 7) is 3.19. The minimum absolute atomic E-state index is 0.243. The Bertz CT molecular complexity index is 701. The van der Waals surface area contributed by atoms with E-state index >= 15 is 0 Å². The fourth-order valence-corrected chi connectivity index (χ4v) is 5.36. The van der Waals surface area contributed by atoms with E-state index in [1.165, 1.54) is 11.3 Å². The number of piperidine rings is 1. The Morgan fingerprint density at radius 1 is 1.36 bits per heavy atom. The molecule has 0 aromatic carbocycles. The summed E-state index contributed by atoms with van der Waals surface area (Å²) < 4.78 is 28.9. The topological polar surface area (TPSA) is 68.1 Å². The SMILES string of the molecule is CCCc1cn(C2CCN(S(=O)(=O)c3cccs3)CC2)nn1. The van der Waals surface area contributed by atoms with Gasteiger partial charge in [0.15, 0.2) is 0 Å². The lowest BCUT2D eigenvalue weighted by atomic mass is 10.1. The Labute approximate surface area is 134 Å². The maximum absolute atomic E-state index is 12.5. The monoisotopic (exact) mass is 340 g/mol. The van der Waals surface area contributed by atoms with Crippen LogP contribution in [-0.2, 0) is 16.4 Å². The van der Waals surface area contributed by atoms with Crippen molar-refractivity contribution >= 4 is 21.4 Å². The van der Waals surface area contributed by atoms with Gasteiger partial charge in [-0.2, -0.15) is 4.31 Å². The van der Waals surface area contributed by atoms with Crippen molar-refractivity contribution in [1.82, 2.24) is 19.3 Å². The summed E-state index contributed by atoms with van der Waals surface area (Å²) in [5.74, 6) is 0. The van der Waals surface area contributed by atoms with Crippen molar-refractivity contribution in [2.75, 3.05) is 13.1 Å². The van der Waals surface area contributed by atoms with Crippen LogP contribution in [0.15, 0.2) is 27.9 Å². The fraction of sp³-hybridized carbons (Fsp3) is 0.571. The molecule has 1 aliphatic rings. The van der Waals surface area contributed by atoms with E-state index in [2.05, 4.69) is 17.2 Å². The standard InChI is InChI=1S/C14H20N4O2S2/c1-2-4-12-11-18(16-15-12)13-6-8-17(9-7-13)22(19,20)14-5-3-10-21-14/h3,5,10-11,13H,2,4,6-9H2,1H3. The molecule has 120 valence electrons. The minimum atomic E-state index is -3.32. The van der Waals surface area contributed by atoms with Gasteiger partial charge < -0.3 is 0 Å². The number of sulfonamides is 1. The number of aromatic nitrogens is 3. The average Bonchev–Trinajstić information content (AvgIpc) is 3.20. The second kappa shape index (κ2) is 6.47. The Kier molecular flexibility index (Phi) is 4.60. The zero-order chi connectivity index (χ0) is 15.6. The molecule has 0 unspecified atom stereocenters. The molecule has 6 nitrogen and oxygen atoms in total. The molecule has 1 saturated heterocycles. The van der Waals surface area contributed by atoms with Gasteiger partial charge in [-0.3, -0.25) is 0 Å². The first-order valence-electron chi connectivity index (χ1n) is 7.55. The molecule has 2 aromatic heterocycles. The molecule has 2 aromatic rings. The third kappa shape index (κ3) is 3.09. The molecule has 0 saturated carbocycles. The van der Waals surface area contributed by atoms with Crippen molar-refractivity contribution in [3.05, 3.63) is 29.4 Å². The molecular weight excluding hydrogens is 320 g/mol. The zero-order valence-electron chi connectivity index (χ0n) is 12.6. The molecular formula is C14H20N4O2S2. The van der Waals surface area contributed by atoms with Gasteiger partial charge in [0.25, 0.3) is 10.0 Å². The summed E-state index contributed by atoms with van der Waals surface area (Å²) in [7, 11) is -3.32. The van der Waals surface area contributed by atoms with Crippen molar-refractivity contribution in [1.29, 1.82) is 0 Å². The van der Waals surface area contributed by atoms with E-state index in [4.69, 9.17) is 0 Å². The first kappa shape index (κ1) is 15.6. The molecule has 0 bridgehead atoms. The highest BCUT2D eigenvalue weighted by molar-refractivity contribution is 7.91. The summed E-state index contributed by atoms with van der Waals surface area (Å²) in [5.41, 5.74) is 1.01. The Morgan fingerprint density at radius 2 is 2.14 bits per heavy atom. The predicted molar refractivity (Wildman–Crippen MR) is 85.4 cm³/mol. The maximum Gasteiger partial charge on any atom is 0.252 e. The van der Waals surface area contributed by atoms with E-state index < -0.39 is 10.0 Å². The smallest absolute Gasteiger partial charge is 0.249 e. The van der Waals surface area contributed by atoms with Gasteiger partial charge in [0.05, 0.1) is 11.7 Å². The van der Waals surface area contributed by atoms with Crippen molar-refractivity contribution in [3.8, 4) is 0 Å². The third-order valence-corrected chi connectivity index (χ3v) is 7.22. The zero-order valence-corrected chi connectivity index (χ0v) is 14.2. The van der Waals surface area contributed by atoms with Crippen molar-refractivity contribution in [2.24, 2.45) is 0 Å². The van der Waals surface area contributed by atoms with Crippen LogP contribution in [0.1, 0.15) is 37.9 Å². The highest BCUT2D eigenvalue weighted by Crippen LogP contribution is 2.28. The van der Waals surface area contributed by atoms with Gasteiger partial charge in [-0.1, -0.05) is 24.6 Å². The lowest BCUT2D eigenvalue weighted by Crippen LogP contribution is -2.38. The van der Waals surface area contributed by atoms with Crippen LogP contribution >= 0.6 is 11.3 Å². The maximum atomic E-state index is 12.5. The number of hydrogen-bond donors (Lipinski definition) is 0. The van der Waals surface area contributed by atoms with Gasteiger partial charge in [-0.25, -0.2) is 13.1 Å². The predicted octanol–water partition coefficient (Wildman–Crippen LogP) is 2.32. The van der Waals surface area contributed by atoms with Gasteiger partial charge in [-0.05, 0) is 30.7 Å². The quantitative estimate of drug-likeness (QED) is 0.838. The second-order valence-electron chi connectivity index (χ2n) is 5.51. The summed E-state index contributed by atoms with van der Waals surface area (Å²) in [6, 6.07) is 3.68. The molecule has 1 fully saturated rings. The molecule has 0 radical (unpaired) electrons. The number of thiophene rings is 1. The Hall–Kier alpha value is -1.25. The van der Waals surface area contributed by atoms with Crippen LogP contribution in [0.25, 0.3) is 0 Å². The number of nitrogens with zero attached hydrogens (tertiary/aromatic N) is 4. The summed E-state index contributed by atoms with van der Waals surface area (Å²) in [4.78, 5) is 0. The summed E-state index contributed by atoms with van der Waals surface area (Å²) in [6.07, 6.45) is 5.54. The Morgan fingerprint density at radius 3 is 2.77 bits per heavy atom. The second-order valence-corrected chi connectivity index (χ2v) is 8.62. The van der Waals surface area contributed by atoms with Crippen LogP contribution in [0.2, 0.25) is 0 Å². The molecule has 3 rings (SSSR count). The van der Waals surface area contributed by atoms with E-state index in [0.29, 0.717) is 17.3 Å². The molecule has 22 heavy (non-hydrogen) atoms. The minimum Gasteiger partial charge on any atom is -0.249 e. The van der Waals surface area contributed by atoms with Crippen LogP contribution in [0.3, 0.4) is 0 Å². The molecule has 3 heterocycles. The third-order valence-electron chi connectivity index (χ3n) is 3.95. The number of hydrogen-bond acceptors (Lipinski definition) is 5. The van der Waals surface area contributed by atoms with Crippen molar-refractivity contribution in [3.63, 3.8) is 0 Å². The molecule has 0 amide bonds. The lowest BCUT2D eigenvalue weighted by molar-refractivity contribution is 0.259. The van der Waals surface area contributed by atoms with E-state index in [9.17, 15) is 8.42 Å². The number of rotatable bonds is 5. The van der Waals surface area contributed by atoms with Crippen LogP contribution in [0.4, 0.5) is 0 Å². The molecule has 0 aliphatic carbocycles. The van der Waals surface area contributed by atoms with Gasteiger partial charge in [0.1, 0.15) is 4.21 Å². The molecule has 0 N–H and O–H groups in total. The van der Waals surface area contributed by atoms with E-state index in [-0.39, 0.29) is 6.04 Å². The number of aryl methyl sites for hydroxylation is 1. The van der Waals surface area contributed by atoms with E-state index in [1.54, 1.807) is 21.8 Å². The highest BCUT2D eigenvalue weighted by atomic mass is 32.2. The summed E-state index contributed by atoms with van der Waals surface area (Å²) >= 11 is 1.27. The van der Waals surface area contributed by atoms with Crippen LogP contribution in [0, 0.1) is 0 Å². The fourth-order valence-electron chi connectivity index (χ4n) is 2.75. The molecule has 0 spiro atoms. The van der Waals surface area contributed by atoms with Gasteiger partial charge >= 0.3 is 0 Å². The van der Waals surface area contributed by atoms with Crippen LogP contribution in [-0.4, -0.2) is 40.8 Å². The lowest BCUT2D eigenvalue weighted by Gasteiger charge is -2.30. The molecule has 1 aliphatic heterocycles. The first-order chi connectivity index (χ1) is 10.6. The van der Waals surface area contributed by atoms with E-state index in [0.717, 1.165) is 31.4 Å². The Balaban J connectivity index is 1.65. The van der Waals surface area contributed by atoms with Gasteiger partial charge in [0, 0.05) is 19.3 Å². The first-order valence-corrected chi connectivity index (χ1v) is 9.87. The van der Waals surface area contributed by atoms with Crippen LogP contribution < -0.4 is 0 Å². The molecule has 0 atom stereocenters. The molecule has 8 heteroatoms. The summed E-state index contributed by atoms with van der Waals surface area (Å²) in [5, 5.41) is 10.2. The van der Waals surface area contributed by atoms with E-state index in [1.807, 2.05) is 10.9 Å². The van der Waals surface area contributed by atoms with Gasteiger partial charge in [0.2, 0.25) is 0 Å². The largest absolute Gasteiger partial charge is 0.252 e. The van der Waals surface area contributed by atoms with Crippen molar-refractivity contribution in [2.45, 2.75) is 42.9 Å². The van der Waals surface area contributed by atoms with Gasteiger partial charge in [-0.15, -0.1) is 16.4 Å². The normalized spacial score (nSPS) is 17.9. The van der Waals surface area contributed by atoms with Crippen LogP contribution in [0.5, 0.6) is 0 Å².